The van der Waals surface area contributed by atoms with Crippen LogP contribution in [0.15, 0.2) is 63.5 Å². The largest absolute Gasteiger partial charge is 0.497 e. The van der Waals surface area contributed by atoms with Crippen LogP contribution in [0.4, 0.5) is 5.69 Å². The molecule has 32 heavy (non-hydrogen) atoms. The van der Waals surface area contributed by atoms with Gasteiger partial charge in [0, 0.05) is 5.69 Å². The lowest BCUT2D eigenvalue weighted by molar-refractivity contribution is -0.116. The van der Waals surface area contributed by atoms with Crippen molar-refractivity contribution in [2.24, 2.45) is 0 Å². The Hall–Kier alpha value is -3.65. The summed E-state index contributed by atoms with van der Waals surface area (Å²) in [6.07, 6.45) is 0. The van der Waals surface area contributed by atoms with Crippen LogP contribution in [0.25, 0.3) is 10.2 Å². The highest BCUT2D eigenvalue weighted by Crippen LogP contribution is 2.18. The number of hydrogen-bond donors (Lipinski definition) is 1. The van der Waals surface area contributed by atoms with Gasteiger partial charge in [-0.15, -0.1) is 11.3 Å². The first-order valence-corrected chi connectivity index (χ1v) is 11.0. The van der Waals surface area contributed by atoms with Crippen molar-refractivity contribution in [2.45, 2.75) is 26.9 Å². The number of aromatic nitrogens is 2. The molecule has 1 N–H and O–H groups in total. The van der Waals surface area contributed by atoms with E-state index in [0.717, 1.165) is 16.7 Å². The van der Waals surface area contributed by atoms with Crippen molar-refractivity contribution in [1.29, 1.82) is 0 Å². The number of nitrogens with one attached hydrogen (secondary N) is 1. The number of fused-ring (bicyclic) bond motifs is 1. The minimum Gasteiger partial charge on any atom is -0.497 e. The van der Waals surface area contributed by atoms with Crippen LogP contribution in [0.2, 0.25) is 0 Å². The molecule has 1 amide bonds. The molecule has 4 rings (SSSR count). The first kappa shape index (κ1) is 21.6. The third kappa shape index (κ3) is 4.22. The maximum atomic E-state index is 13.3. The van der Waals surface area contributed by atoms with Crippen molar-refractivity contribution in [3.05, 3.63) is 91.4 Å². The molecule has 164 valence electrons. The van der Waals surface area contributed by atoms with Crippen LogP contribution < -0.4 is 21.3 Å². The highest BCUT2D eigenvalue weighted by Gasteiger charge is 2.17. The molecule has 0 atom stereocenters. The first-order valence-electron chi connectivity index (χ1n) is 10.1. The molecular formula is C24H23N3O4S. The van der Waals surface area contributed by atoms with Crippen LogP contribution in [-0.2, 0) is 17.9 Å². The summed E-state index contributed by atoms with van der Waals surface area (Å²) in [5.41, 5.74) is 3.10. The van der Waals surface area contributed by atoms with Crippen LogP contribution in [-0.4, -0.2) is 22.2 Å². The Morgan fingerprint density at radius 2 is 1.78 bits per heavy atom. The average Bonchev–Trinajstić information content (AvgIpc) is 3.27. The van der Waals surface area contributed by atoms with Gasteiger partial charge in [-0.3, -0.25) is 18.7 Å². The molecule has 0 bridgehead atoms. The molecule has 2 heterocycles. The van der Waals surface area contributed by atoms with Gasteiger partial charge in [0.15, 0.2) is 0 Å². The fourth-order valence-electron chi connectivity index (χ4n) is 3.63. The lowest BCUT2D eigenvalue weighted by atomic mass is 10.1. The lowest BCUT2D eigenvalue weighted by Crippen LogP contribution is -2.41. The maximum absolute atomic E-state index is 13.3. The zero-order valence-corrected chi connectivity index (χ0v) is 18.9. The van der Waals surface area contributed by atoms with Crippen molar-refractivity contribution in [3.63, 3.8) is 0 Å². The third-order valence-corrected chi connectivity index (χ3v) is 6.19. The summed E-state index contributed by atoms with van der Waals surface area (Å²) >= 11 is 1.26. The van der Waals surface area contributed by atoms with E-state index in [1.807, 2.05) is 32.0 Å². The minimum absolute atomic E-state index is 0.105. The molecule has 0 saturated heterocycles. The monoisotopic (exact) mass is 449 g/mol. The quantitative estimate of drug-likeness (QED) is 0.488. The number of hydrogen-bond acceptors (Lipinski definition) is 5. The molecule has 0 spiro atoms. The van der Waals surface area contributed by atoms with Crippen molar-refractivity contribution >= 4 is 33.1 Å². The van der Waals surface area contributed by atoms with Gasteiger partial charge in [-0.25, -0.2) is 4.79 Å². The SMILES string of the molecule is COc1ccc(Cn2c(=O)c3sccc3n(CC(=O)Nc3ccc(C)cc3C)c2=O)cc1. The molecule has 0 aliphatic rings. The third-order valence-electron chi connectivity index (χ3n) is 5.29. The summed E-state index contributed by atoms with van der Waals surface area (Å²) in [7, 11) is 1.58. The Labute approximate surface area is 188 Å². The number of amides is 1. The second-order valence-corrected chi connectivity index (χ2v) is 8.53. The number of aryl methyl sites for hydroxylation is 2. The molecule has 0 radical (unpaired) electrons. The van der Waals surface area contributed by atoms with E-state index >= 15 is 0 Å². The number of carbonyl (C=O) groups is 1. The van der Waals surface area contributed by atoms with Crippen molar-refractivity contribution in [1.82, 2.24) is 9.13 Å². The van der Waals surface area contributed by atoms with E-state index in [1.54, 1.807) is 42.8 Å². The Balaban J connectivity index is 1.69. The normalized spacial score (nSPS) is 11.0. The number of carbonyl (C=O) groups excluding carboxylic acids is 1. The number of nitrogens with zero attached hydrogens (tertiary/aromatic N) is 2. The van der Waals surface area contributed by atoms with Crippen molar-refractivity contribution in [2.75, 3.05) is 12.4 Å². The molecule has 4 aromatic rings. The van der Waals surface area contributed by atoms with E-state index < -0.39 is 5.69 Å². The van der Waals surface area contributed by atoms with Gasteiger partial charge in [-0.2, -0.15) is 0 Å². The molecule has 0 aliphatic heterocycles. The summed E-state index contributed by atoms with van der Waals surface area (Å²) in [4.78, 5) is 39.0. The molecular weight excluding hydrogens is 426 g/mol. The average molecular weight is 450 g/mol. The number of benzene rings is 2. The van der Waals surface area contributed by atoms with E-state index in [2.05, 4.69) is 5.32 Å². The van der Waals surface area contributed by atoms with Gasteiger partial charge < -0.3 is 10.1 Å². The fourth-order valence-corrected chi connectivity index (χ4v) is 4.47. The summed E-state index contributed by atoms with van der Waals surface area (Å²) < 4.78 is 8.13. The van der Waals surface area contributed by atoms with Gasteiger partial charge in [-0.05, 0) is 54.6 Å². The second kappa shape index (κ2) is 8.84. The lowest BCUT2D eigenvalue weighted by Gasteiger charge is -2.14. The number of thiophene rings is 1. The summed E-state index contributed by atoms with van der Waals surface area (Å²) in [6, 6.07) is 14.6. The van der Waals surface area contributed by atoms with Gasteiger partial charge >= 0.3 is 5.69 Å². The van der Waals surface area contributed by atoms with Crippen LogP contribution >= 0.6 is 11.3 Å². The van der Waals surface area contributed by atoms with Crippen molar-refractivity contribution < 1.29 is 9.53 Å². The molecule has 0 fully saturated rings. The standard InChI is InChI=1S/C24H23N3O4S/c1-15-4-9-19(16(2)12-15)25-21(28)14-26-20-10-11-32-22(20)23(29)27(24(26)30)13-17-5-7-18(31-3)8-6-17/h4-12H,13-14H2,1-3H3,(H,25,28). The zero-order chi connectivity index (χ0) is 22.8. The molecule has 2 aromatic carbocycles. The van der Waals surface area contributed by atoms with Crippen LogP contribution in [0.1, 0.15) is 16.7 Å². The zero-order valence-electron chi connectivity index (χ0n) is 18.0. The van der Waals surface area contributed by atoms with Crippen LogP contribution in [0, 0.1) is 13.8 Å². The van der Waals surface area contributed by atoms with Gasteiger partial charge in [0.1, 0.15) is 17.0 Å². The Morgan fingerprint density at radius 3 is 2.47 bits per heavy atom. The predicted octanol–water partition coefficient (Wildman–Crippen LogP) is 3.54. The van der Waals surface area contributed by atoms with E-state index in [0.29, 0.717) is 21.7 Å². The van der Waals surface area contributed by atoms with Gasteiger partial charge in [0.2, 0.25) is 5.91 Å². The minimum atomic E-state index is -0.521. The van der Waals surface area contributed by atoms with Gasteiger partial charge in [0.05, 0.1) is 19.2 Å². The fraction of sp³-hybridized carbons (Fsp3) is 0.208. The predicted molar refractivity (Wildman–Crippen MR) is 127 cm³/mol. The molecule has 0 aliphatic carbocycles. The van der Waals surface area contributed by atoms with Crippen LogP contribution in [0.5, 0.6) is 5.75 Å². The summed E-state index contributed by atoms with van der Waals surface area (Å²) in [6.45, 7) is 3.81. The number of methoxy groups -OCH3 is 1. The number of rotatable bonds is 6. The topological polar surface area (TPSA) is 82.3 Å². The summed E-state index contributed by atoms with van der Waals surface area (Å²) in [5.74, 6) is 0.358. The number of anilines is 1. The van der Waals surface area contributed by atoms with Crippen LogP contribution in [0.3, 0.4) is 0 Å². The van der Waals surface area contributed by atoms with Gasteiger partial charge in [0.25, 0.3) is 5.56 Å². The summed E-state index contributed by atoms with van der Waals surface area (Å²) in [5, 5.41) is 4.62. The van der Waals surface area contributed by atoms with E-state index in [4.69, 9.17) is 4.74 Å². The Morgan fingerprint density at radius 1 is 1.03 bits per heavy atom. The molecule has 0 saturated carbocycles. The second-order valence-electron chi connectivity index (χ2n) is 7.61. The molecule has 0 unspecified atom stereocenters. The molecule has 2 aromatic heterocycles. The molecule has 7 nitrogen and oxygen atoms in total. The van der Waals surface area contributed by atoms with Gasteiger partial charge in [-0.1, -0.05) is 29.8 Å². The maximum Gasteiger partial charge on any atom is 0.332 e. The van der Waals surface area contributed by atoms with E-state index in [9.17, 15) is 14.4 Å². The Kier molecular flexibility index (Phi) is 5.96. The molecule has 8 heteroatoms. The number of ether oxygens (including phenoxy) is 1. The Bertz CT molecular complexity index is 1410. The highest BCUT2D eigenvalue weighted by molar-refractivity contribution is 7.17. The first-order chi connectivity index (χ1) is 15.4. The van der Waals surface area contributed by atoms with E-state index in [-0.39, 0.29) is 24.6 Å². The smallest absolute Gasteiger partial charge is 0.332 e. The highest BCUT2D eigenvalue weighted by atomic mass is 32.1. The van der Waals surface area contributed by atoms with E-state index in [1.165, 1.54) is 20.5 Å². The van der Waals surface area contributed by atoms with Crippen molar-refractivity contribution in [3.8, 4) is 5.75 Å².